The second kappa shape index (κ2) is 5.33. The first-order valence-corrected chi connectivity index (χ1v) is 6.92. The van der Waals surface area contributed by atoms with Gasteiger partial charge in [0.1, 0.15) is 0 Å². The summed E-state index contributed by atoms with van der Waals surface area (Å²) in [7, 11) is 1.94. The summed E-state index contributed by atoms with van der Waals surface area (Å²) >= 11 is 0. The Hall–Kier alpha value is -1.36. The summed E-state index contributed by atoms with van der Waals surface area (Å²) in [5.74, 6) is -0.652. The first-order valence-electron chi connectivity index (χ1n) is 6.92. The number of hydrogen-bond acceptors (Lipinski definition) is 3. The lowest BCUT2D eigenvalue weighted by molar-refractivity contribution is -0.153. The van der Waals surface area contributed by atoms with Crippen molar-refractivity contribution in [3.63, 3.8) is 0 Å². The van der Waals surface area contributed by atoms with Gasteiger partial charge in [0.15, 0.2) is 0 Å². The zero-order chi connectivity index (χ0) is 14.0. The standard InChI is InChI=1S/C14H23N3O2/c1-4-14(13(18)19)6-5-7-17(10-14)9-12-8-11(2)15-16(12)3/h8H,4-7,9-10H2,1-3H3,(H,18,19). The molecule has 0 radical (unpaired) electrons. The lowest BCUT2D eigenvalue weighted by Gasteiger charge is -2.39. The molecule has 5 heteroatoms. The fraction of sp³-hybridized carbons (Fsp3) is 0.714. The van der Waals surface area contributed by atoms with Crippen LogP contribution < -0.4 is 0 Å². The van der Waals surface area contributed by atoms with Crippen LogP contribution in [0.3, 0.4) is 0 Å². The van der Waals surface area contributed by atoms with Gasteiger partial charge in [-0.1, -0.05) is 6.92 Å². The molecule has 0 aromatic carbocycles. The van der Waals surface area contributed by atoms with Crippen LogP contribution >= 0.6 is 0 Å². The molecule has 5 nitrogen and oxygen atoms in total. The molecule has 0 amide bonds. The van der Waals surface area contributed by atoms with Crippen molar-refractivity contribution in [3.05, 3.63) is 17.5 Å². The van der Waals surface area contributed by atoms with Crippen LogP contribution in [0.2, 0.25) is 0 Å². The van der Waals surface area contributed by atoms with E-state index in [1.807, 2.05) is 25.6 Å². The third-order valence-electron chi connectivity index (χ3n) is 4.27. The van der Waals surface area contributed by atoms with Crippen LogP contribution in [0, 0.1) is 12.3 Å². The van der Waals surface area contributed by atoms with Crippen molar-refractivity contribution >= 4 is 5.97 Å². The Balaban J connectivity index is 2.09. The number of carboxylic acids is 1. The van der Waals surface area contributed by atoms with Crippen molar-refractivity contribution in [2.75, 3.05) is 13.1 Å². The Kier molecular flexibility index (Phi) is 3.94. The van der Waals surface area contributed by atoms with Gasteiger partial charge in [-0.3, -0.25) is 14.4 Å². The highest BCUT2D eigenvalue weighted by Gasteiger charge is 2.40. The van der Waals surface area contributed by atoms with Crippen molar-refractivity contribution in [2.45, 2.75) is 39.7 Å². The predicted octanol–water partition coefficient (Wildman–Crippen LogP) is 1.81. The van der Waals surface area contributed by atoms with E-state index in [0.29, 0.717) is 13.0 Å². The summed E-state index contributed by atoms with van der Waals surface area (Å²) in [4.78, 5) is 13.8. The minimum Gasteiger partial charge on any atom is -0.481 e. The van der Waals surface area contributed by atoms with E-state index in [1.54, 1.807) is 0 Å². The smallest absolute Gasteiger partial charge is 0.310 e. The van der Waals surface area contributed by atoms with Crippen molar-refractivity contribution < 1.29 is 9.90 Å². The average molecular weight is 265 g/mol. The summed E-state index contributed by atoms with van der Waals surface area (Å²) in [5, 5.41) is 13.8. The molecule has 1 fully saturated rings. The largest absolute Gasteiger partial charge is 0.481 e. The van der Waals surface area contributed by atoms with Gasteiger partial charge in [-0.2, -0.15) is 5.10 Å². The van der Waals surface area contributed by atoms with Gasteiger partial charge in [0.2, 0.25) is 0 Å². The lowest BCUT2D eigenvalue weighted by Crippen LogP contribution is -2.47. The van der Waals surface area contributed by atoms with E-state index < -0.39 is 11.4 Å². The SMILES string of the molecule is CCC1(C(=O)O)CCCN(Cc2cc(C)nn2C)C1. The molecule has 1 atom stereocenters. The highest BCUT2D eigenvalue weighted by molar-refractivity contribution is 5.75. The molecule has 1 aliphatic rings. The van der Waals surface area contributed by atoms with E-state index in [4.69, 9.17) is 0 Å². The monoisotopic (exact) mass is 265 g/mol. The number of aliphatic carboxylic acids is 1. The summed E-state index contributed by atoms with van der Waals surface area (Å²) < 4.78 is 1.89. The molecule has 1 unspecified atom stereocenters. The van der Waals surface area contributed by atoms with Crippen LogP contribution in [0.25, 0.3) is 0 Å². The highest BCUT2D eigenvalue weighted by atomic mass is 16.4. The summed E-state index contributed by atoms with van der Waals surface area (Å²) in [6.07, 6.45) is 2.44. The third kappa shape index (κ3) is 2.81. The fourth-order valence-corrected chi connectivity index (χ4v) is 3.02. The van der Waals surface area contributed by atoms with Crippen molar-refractivity contribution in [3.8, 4) is 0 Å². The molecule has 1 N–H and O–H groups in total. The number of hydrogen-bond donors (Lipinski definition) is 1. The topological polar surface area (TPSA) is 58.4 Å². The number of aryl methyl sites for hydroxylation is 2. The van der Waals surface area contributed by atoms with Crippen LogP contribution in [0.5, 0.6) is 0 Å². The number of carboxylic acid groups (broad SMARTS) is 1. The van der Waals surface area contributed by atoms with E-state index in [1.165, 1.54) is 0 Å². The molecule has 1 saturated heterocycles. The van der Waals surface area contributed by atoms with E-state index >= 15 is 0 Å². The second-order valence-electron chi connectivity index (χ2n) is 5.65. The summed E-state index contributed by atoms with van der Waals surface area (Å²) in [6, 6.07) is 2.07. The molecule has 0 bridgehead atoms. The van der Waals surface area contributed by atoms with Crippen LogP contribution in [0.4, 0.5) is 0 Å². The minimum atomic E-state index is -0.652. The number of aromatic nitrogens is 2. The Morgan fingerprint density at radius 3 is 2.84 bits per heavy atom. The Morgan fingerprint density at radius 1 is 1.58 bits per heavy atom. The quantitative estimate of drug-likeness (QED) is 0.902. The first kappa shape index (κ1) is 14.1. The number of rotatable bonds is 4. The maximum Gasteiger partial charge on any atom is 0.310 e. The number of likely N-dealkylation sites (tertiary alicyclic amines) is 1. The van der Waals surface area contributed by atoms with E-state index in [9.17, 15) is 9.90 Å². The van der Waals surface area contributed by atoms with Crippen LogP contribution in [0.15, 0.2) is 6.07 Å². The van der Waals surface area contributed by atoms with Gasteiger partial charge >= 0.3 is 5.97 Å². The molecule has 0 spiro atoms. The molecule has 19 heavy (non-hydrogen) atoms. The van der Waals surface area contributed by atoms with Gasteiger partial charge in [0.25, 0.3) is 0 Å². The van der Waals surface area contributed by atoms with Crippen molar-refractivity contribution in [1.82, 2.24) is 14.7 Å². The predicted molar refractivity (Wildman–Crippen MR) is 72.8 cm³/mol. The fourth-order valence-electron chi connectivity index (χ4n) is 3.02. The van der Waals surface area contributed by atoms with Gasteiger partial charge in [0.05, 0.1) is 16.8 Å². The molecule has 1 aromatic rings. The molecule has 1 aliphatic heterocycles. The maximum atomic E-state index is 11.5. The van der Waals surface area contributed by atoms with E-state index in [-0.39, 0.29) is 0 Å². The Labute approximate surface area is 114 Å². The van der Waals surface area contributed by atoms with Crippen LogP contribution in [-0.2, 0) is 18.4 Å². The molecule has 0 saturated carbocycles. The van der Waals surface area contributed by atoms with Gasteiger partial charge in [-0.05, 0) is 38.8 Å². The van der Waals surface area contributed by atoms with Gasteiger partial charge in [0, 0.05) is 20.1 Å². The van der Waals surface area contributed by atoms with E-state index in [0.717, 1.165) is 37.3 Å². The number of piperidine rings is 1. The van der Waals surface area contributed by atoms with E-state index in [2.05, 4.69) is 16.1 Å². The van der Waals surface area contributed by atoms with Gasteiger partial charge in [-0.15, -0.1) is 0 Å². The zero-order valence-electron chi connectivity index (χ0n) is 12.0. The summed E-state index contributed by atoms with van der Waals surface area (Å²) in [5.41, 5.74) is 1.59. The number of carbonyl (C=O) groups is 1. The third-order valence-corrected chi connectivity index (χ3v) is 4.27. The van der Waals surface area contributed by atoms with Gasteiger partial charge < -0.3 is 5.11 Å². The average Bonchev–Trinajstić information content (AvgIpc) is 2.67. The maximum absolute atomic E-state index is 11.5. The molecule has 0 aliphatic carbocycles. The van der Waals surface area contributed by atoms with Crippen molar-refractivity contribution in [2.24, 2.45) is 12.5 Å². The Bertz CT molecular complexity index is 469. The molecule has 1 aromatic heterocycles. The first-order chi connectivity index (χ1) is 8.97. The lowest BCUT2D eigenvalue weighted by atomic mass is 9.77. The normalized spacial score (nSPS) is 24.6. The minimum absolute atomic E-state index is 0.564. The van der Waals surface area contributed by atoms with Crippen LogP contribution in [0.1, 0.15) is 37.6 Å². The molecule has 2 rings (SSSR count). The van der Waals surface area contributed by atoms with Gasteiger partial charge in [-0.25, -0.2) is 0 Å². The summed E-state index contributed by atoms with van der Waals surface area (Å²) in [6.45, 7) is 6.35. The Morgan fingerprint density at radius 2 is 2.32 bits per heavy atom. The molecular formula is C14H23N3O2. The molecule has 2 heterocycles. The second-order valence-corrected chi connectivity index (χ2v) is 5.65. The number of nitrogens with zero attached hydrogens (tertiary/aromatic N) is 3. The molecule has 106 valence electrons. The van der Waals surface area contributed by atoms with Crippen LogP contribution in [-0.4, -0.2) is 38.8 Å². The van der Waals surface area contributed by atoms with Crippen molar-refractivity contribution in [1.29, 1.82) is 0 Å². The highest BCUT2D eigenvalue weighted by Crippen LogP contribution is 2.34. The zero-order valence-corrected chi connectivity index (χ0v) is 12.0. The molecular weight excluding hydrogens is 242 g/mol.